The van der Waals surface area contributed by atoms with E-state index in [9.17, 15) is 5.11 Å². The van der Waals surface area contributed by atoms with E-state index in [0.29, 0.717) is 6.42 Å². The van der Waals surface area contributed by atoms with Crippen LogP contribution in [0.4, 0.5) is 0 Å². The summed E-state index contributed by atoms with van der Waals surface area (Å²) in [7, 11) is 1.66. The Labute approximate surface area is 113 Å². The Kier molecular flexibility index (Phi) is 3.42. The fourth-order valence-corrected chi connectivity index (χ4v) is 2.77. The van der Waals surface area contributed by atoms with Gasteiger partial charge in [-0.1, -0.05) is 12.1 Å². The van der Waals surface area contributed by atoms with Crippen LogP contribution in [-0.2, 0) is 11.2 Å². The lowest BCUT2D eigenvalue weighted by Crippen LogP contribution is -2.33. The van der Waals surface area contributed by atoms with E-state index in [4.69, 9.17) is 9.47 Å². The fourth-order valence-electron chi connectivity index (χ4n) is 2.77. The van der Waals surface area contributed by atoms with Crippen molar-refractivity contribution in [2.24, 2.45) is 4.99 Å². The van der Waals surface area contributed by atoms with Crippen LogP contribution in [0, 0.1) is 0 Å². The maximum Gasteiger partial charge on any atom is 0.188 e. The number of aliphatic imine (C=N–C) groups is 1. The monoisotopic (exact) mass is 261 g/mol. The summed E-state index contributed by atoms with van der Waals surface area (Å²) in [4.78, 5) is 4.60. The van der Waals surface area contributed by atoms with Crippen LogP contribution in [0.5, 0.6) is 5.75 Å². The first-order valence-electron chi connectivity index (χ1n) is 6.79. The molecule has 0 radical (unpaired) electrons. The number of aliphatic hydroxyl groups excluding tert-OH is 1. The summed E-state index contributed by atoms with van der Waals surface area (Å²) < 4.78 is 11.0. The molecule has 0 saturated heterocycles. The van der Waals surface area contributed by atoms with E-state index in [0.717, 1.165) is 30.9 Å². The molecule has 1 heterocycles. The smallest absolute Gasteiger partial charge is 0.188 e. The van der Waals surface area contributed by atoms with Crippen LogP contribution >= 0.6 is 0 Å². The van der Waals surface area contributed by atoms with E-state index < -0.39 is 0 Å². The zero-order valence-electron chi connectivity index (χ0n) is 11.1. The van der Waals surface area contributed by atoms with Gasteiger partial charge in [0, 0.05) is 6.42 Å². The van der Waals surface area contributed by atoms with Crippen LogP contribution in [0.15, 0.2) is 29.3 Å². The van der Waals surface area contributed by atoms with Gasteiger partial charge in [0.25, 0.3) is 0 Å². The molecule has 4 heteroatoms. The van der Waals surface area contributed by atoms with E-state index in [1.165, 1.54) is 5.56 Å². The summed E-state index contributed by atoms with van der Waals surface area (Å²) in [5.41, 5.74) is 1.17. The van der Waals surface area contributed by atoms with Crippen molar-refractivity contribution < 1.29 is 14.6 Å². The van der Waals surface area contributed by atoms with Gasteiger partial charge in [-0.2, -0.15) is 0 Å². The van der Waals surface area contributed by atoms with Gasteiger partial charge in [0.1, 0.15) is 11.9 Å². The maximum atomic E-state index is 9.65. The number of nitrogens with zero attached hydrogens (tertiary/aromatic N) is 1. The zero-order chi connectivity index (χ0) is 13.2. The molecule has 1 aromatic rings. The van der Waals surface area contributed by atoms with Crippen molar-refractivity contribution in [1.82, 2.24) is 0 Å². The molecule has 0 aromatic heterocycles. The second-order valence-electron chi connectivity index (χ2n) is 5.24. The summed E-state index contributed by atoms with van der Waals surface area (Å²) in [5.74, 6) is 1.66. The van der Waals surface area contributed by atoms with Gasteiger partial charge in [0.05, 0.1) is 19.3 Å². The van der Waals surface area contributed by atoms with Gasteiger partial charge in [-0.25, -0.2) is 4.99 Å². The van der Waals surface area contributed by atoms with Crippen LogP contribution in [0.2, 0.25) is 0 Å². The SMILES string of the molecule is COc1ccc(CC2=NC3CC(O)CCC3O2)cc1. The Morgan fingerprint density at radius 3 is 2.84 bits per heavy atom. The minimum Gasteiger partial charge on any atom is -0.497 e. The van der Waals surface area contributed by atoms with Gasteiger partial charge >= 0.3 is 0 Å². The Morgan fingerprint density at radius 1 is 1.32 bits per heavy atom. The Hall–Kier alpha value is -1.55. The quantitative estimate of drug-likeness (QED) is 0.904. The molecule has 1 aliphatic heterocycles. The lowest BCUT2D eigenvalue weighted by molar-refractivity contribution is 0.0616. The third-order valence-corrected chi connectivity index (χ3v) is 3.84. The average Bonchev–Trinajstić information content (AvgIpc) is 2.81. The zero-order valence-corrected chi connectivity index (χ0v) is 11.1. The van der Waals surface area contributed by atoms with Crippen LogP contribution in [0.1, 0.15) is 24.8 Å². The highest BCUT2D eigenvalue weighted by Crippen LogP contribution is 2.29. The van der Waals surface area contributed by atoms with Crippen molar-refractivity contribution in [3.8, 4) is 5.75 Å². The molecule has 19 heavy (non-hydrogen) atoms. The van der Waals surface area contributed by atoms with Crippen LogP contribution in [0.25, 0.3) is 0 Å². The molecule has 1 fully saturated rings. The van der Waals surface area contributed by atoms with Gasteiger partial charge in [0.15, 0.2) is 5.90 Å². The Morgan fingerprint density at radius 2 is 2.11 bits per heavy atom. The van der Waals surface area contributed by atoms with Gasteiger partial charge in [-0.05, 0) is 37.0 Å². The lowest BCUT2D eigenvalue weighted by atomic mass is 9.91. The van der Waals surface area contributed by atoms with Crippen LogP contribution < -0.4 is 4.74 Å². The molecule has 1 aromatic carbocycles. The fraction of sp³-hybridized carbons (Fsp3) is 0.533. The van der Waals surface area contributed by atoms with Crippen molar-refractivity contribution in [2.75, 3.05) is 7.11 Å². The molecule has 2 aliphatic rings. The third-order valence-electron chi connectivity index (χ3n) is 3.84. The summed E-state index contributed by atoms with van der Waals surface area (Å²) in [6.07, 6.45) is 3.14. The number of methoxy groups -OCH3 is 1. The van der Waals surface area contributed by atoms with Gasteiger partial charge < -0.3 is 14.6 Å². The second-order valence-corrected chi connectivity index (χ2v) is 5.24. The minimum atomic E-state index is -0.214. The van der Waals surface area contributed by atoms with Crippen LogP contribution in [0.3, 0.4) is 0 Å². The summed E-state index contributed by atoms with van der Waals surface area (Å²) in [5, 5.41) is 9.65. The first kappa shape index (κ1) is 12.5. The summed E-state index contributed by atoms with van der Waals surface area (Å²) >= 11 is 0. The second kappa shape index (κ2) is 5.21. The number of aliphatic hydroxyl groups is 1. The van der Waals surface area contributed by atoms with E-state index in [2.05, 4.69) is 4.99 Å². The summed E-state index contributed by atoms with van der Waals surface area (Å²) in [6, 6.07) is 8.10. The molecule has 0 amide bonds. The van der Waals surface area contributed by atoms with E-state index in [-0.39, 0.29) is 18.2 Å². The number of rotatable bonds is 3. The molecule has 1 N–H and O–H groups in total. The van der Waals surface area contributed by atoms with Gasteiger partial charge in [0.2, 0.25) is 0 Å². The highest BCUT2D eigenvalue weighted by molar-refractivity contribution is 5.80. The Balaban J connectivity index is 1.65. The summed E-state index contributed by atoms with van der Waals surface area (Å²) in [6.45, 7) is 0. The molecular formula is C15H19NO3. The van der Waals surface area contributed by atoms with Gasteiger partial charge in [-0.3, -0.25) is 0 Å². The van der Waals surface area contributed by atoms with Crippen molar-refractivity contribution in [1.29, 1.82) is 0 Å². The van der Waals surface area contributed by atoms with E-state index in [1.54, 1.807) is 7.11 Å². The molecule has 1 saturated carbocycles. The first-order valence-corrected chi connectivity index (χ1v) is 6.79. The third kappa shape index (κ3) is 2.73. The predicted molar refractivity (Wildman–Crippen MR) is 72.7 cm³/mol. The topological polar surface area (TPSA) is 51.0 Å². The maximum absolute atomic E-state index is 9.65. The van der Waals surface area contributed by atoms with E-state index in [1.807, 2.05) is 24.3 Å². The normalized spacial score (nSPS) is 29.4. The molecule has 3 rings (SSSR count). The lowest BCUT2D eigenvalue weighted by Gasteiger charge is -2.26. The van der Waals surface area contributed by atoms with Crippen LogP contribution in [-0.4, -0.2) is 36.4 Å². The Bertz CT molecular complexity index is 469. The van der Waals surface area contributed by atoms with Crippen molar-refractivity contribution in [2.45, 2.75) is 43.9 Å². The minimum absolute atomic E-state index is 0.150. The van der Waals surface area contributed by atoms with Crippen molar-refractivity contribution in [3.05, 3.63) is 29.8 Å². The molecule has 4 nitrogen and oxygen atoms in total. The molecular weight excluding hydrogens is 242 g/mol. The molecule has 102 valence electrons. The number of hydrogen-bond donors (Lipinski definition) is 1. The number of ether oxygens (including phenoxy) is 2. The standard InChI is InChI=1S/C15H19NO3/c1-18-12-5-2-10(3-6-12)8-15-16-13-9-11(17)4-7-14(13)19-15/h2-3,5-6,11,13-14,17H,4,7-9H2,1H3. The first-order chi connectivity index (χ1) is 9.24. The number of fused-ring (bicyclic) bond motifs is 1. The van der Waals surface area contributed by atoms with E-state index >= 15 is 0 Å². The largest absolute Gasteiger partial charge is 0.497 e. The highest BCUT2D eigenvalue weighted by Gasteiger charge is 2.36. The number of hydrogen-bond acceptors (Lipinski definition) is 4. The highest BCUT2D eigenvalue weighted by atomic mass is 16.5. The molecule has 0 spiro atoms. The molecule has 3 atom stereocenters. The molecule has 1 aliphatic carbocycles. The predicted octanol–water partition coefficient (Wildman–Crippen LogP) is 1.95. The molecule has 0 bridgehead atoms. The van der Waals surface area contributed by atoms with Crippen molar-refractivity contribution in [3.63, 3.8) is 0 Å². The van der Waals surface area contributed by atoms with Gasteiger partial charge in [-0.15, -0.1) is 0 Å². The molecule has 3 unspecified atom stereocenters. The van der Waals surface area contributed by atoms with Crippen molar-refractivity contribution >= 4 is 5.90 Å². The number of benzene rings is 1. The average molecular weight is 261 g/mol.